The molecule has 0 N–H and O–H groups in total. The predicted molar refractivity (Wildman–Crippen MR) is 71.8 cm³/mol. The van der Waals surface area contributed by atoms with E-state index >= 15 is 0 Å². The number of methoxy groups -OCH3 is 1. The summed E-state index contributed by atoms with van der Waals surface area (Å²) < 4.78 is 16.2. The number of carbonyl (C=O) groups is 1. The number of hydrogen-bond acceptors (Lipinski definition) is 4. The molecule has 0 aromatic heterocycles. The second-order valence-electron chi connectivity index (χ2n) is 4.61. The maximum absolute atomic E-state index is 11.7. The van der Waals surface area contributed by atoms with Crippen molar-refractivity contribution in [3.05, 3.63) is 23.8 Å². The lowest BCUT2D eigenvalue weighted by Crippen LogP contribution is -2.12. The van der Waals surface area contributed by atoms with E-state index in [0.29, 0.717) is 23.7 Å². The van der Waals surface area contributed by atoms with E-state index in [1.807, 2.05) is 0 Å². The summed E-state index contributed by atoms with van der Waals surface area (Å²) in [6.45, 7) is 2.15. The summed E-state index contributed by atoms with van der Waals surface area (Å²) in [5, 5.41) is 0. The molecular formula is C15H20O4. The maximum atomic E-state index is 11.7. The first-order valence-electron chi connectivity index (χ1n) is 6.76. The van der Waals surface area contributed by atoms with Crippen molar-refractivity contribution in [1.29, 1.82) is 0 Å². The van der Waals surface area contributed by atoms with Gasteiger partial charge < -0.3 is 14.2 Å². The molecule has 0 amide bonds. The minimum atomic E-state index is -0.332. The number of ether oxygens (including phenoxy) is 3. The fourth-order valence-electron chi connectivity index (χ4n) is 2.30. The molecule has 1 aromatic rings. The highest BCUT2D eigenvalue weighted by atomic mass is 16.5. The zero-order chi connectivity index (χ0) is 13.7. The minimum Gasteiger partial charge on any atom is -0.493 e. The Morgan fingerprint density at radius 3 is 2.63 bits per heavy atom. The maximum Gasteiger partial charge on any atom is 0.338 e. The Bertz CT molecular complexity index is 436. The van der Waals surface area contributed by atoms with Gasteiger partial charge in [0.15, 0.2) is 11.5 Å². The van der Waals surface area contributed by atoms with Gasteiger partial charge in [0.25, 0.3) is 0 Å². The molecule has 1 aromatic carbocycles. The molecular weight excluding hydrogens is 244 g/mol. The van der Waals surface area contributed by atoms with Crippen molar-refractivity contribution >= 4 is 5.97 Å². The van der Waals surface area contributed by atoms with Crippen LogP contribution in [-0.2, 0) is 4.74 Å². The summed E-state index contributed by atoms with van der Waals surface area (Å²) in [5.74, 6) is 0.946. The molecule has 0 aliphatic heterocycles. The van der Waals surface area contributed by atoms with Gasteiger partial charge in [0.2, 0.25) is 0 Å². The Kier molecular flexibility index (Phi) is 4.66. The van der Waals surface area contributed by atoms with Gasteiger partial charge in [-0.15, -0.1) is 0 Å². The van der Waals surface area contributed by atoms with Crippen molar-refractivity contribution in [2.24, 2.45) is 0 Å². The van der Waals surface area contributed by atoms with Crippen LogP contribution in [0.1, 0.15) is 43.0 Å². The fraction of sp³-hybridized carbons (Fsp3) is 0.533. The molecule has 104 valence electrons. The van der Waals surface area contributed by atoms with Gasteiger partial charge in [0.1, 0.15) is 0 Å². The van der Waals surface area contributed by atoms with Crippen LogP contribution in [0.25, 0.3) is 0 Å². The van der Waals surface area contributed by atoms with Crippen molar-refractivity contribution in [2.75, 3.05) is 13.7 Å². The number of benzene rings is 1. The predicted octanol–water partition coefficient (Wildman–Crippen LogP) is 3.19. The number of rotatable bonds is 5. The lowest BCUT2D eigenvalue weighted by atomic mass is 10.2. The van der Waals surface area contributed by atoms with E-state index in [-0.39, 0.29) is 12.1 Å². The summed E-state index contributed by atoms with van der Waals surface area (Å²) in [6.07, 6.45) is 4.75. The molecule has 4 heteroatoms. The normalized spacial score (nSPS) is 15.3. The quantitative estimate of drug-likeness (QED) is 0.766. The highest BCUT2D eigenvalue weighted by molar-refractivity contribution is 5.90. The van der Waals surface area contributed by atoms with Crippen molar-refractivity contribution < 1.29 is 19.0 Å². The van der Waals surface area contributed by atoms with Gasteiger partial charge in [-0.3, -0.25) is 0 Å². The first-order valence-corrected chi connectivity index (χ1v) is 6.76. The van der Waals surface area contributed by atoms with E-state index in [4.69, 9.17) is 14.2 Å². The van der Waals surface area contributed by atoms with Crippen LogP contribution < -0.4 is 9.47 Å². The summed E-state index contributed by atoms with van der Waals surface area (Å²) >= 11 is 0. The Labute approximate surface area is 113 Å². The van der Waals surface area contributed by atoms with Gasteiger partial charge in [-0.25, -0.2) is 4.79 Å². The van der Waals surface area contributed by atoms with Crippen molar-refractivity contribution in [3.63, 3.8) is 0 Å². The van der Waals surface area contributed by atoms with E-state index in [2.05, 4.69) is 0 Å². The first kappa shape index (κ1) is 13.7. The average Bonchev–Trinajstić information content (AvgIpc) is 2.92. The van der Waals surface area contributed by atoms with Crippen LogP contribution >= 0.6 is 0 Å². The Hall–Kier alpha value is -1.71. The van der Waals surface area contributed by atoms with E-state index in [0.717, 1.165) is 12.8 Å². The zero-order valence-corrected chi connectivity index (χ0v) is 11.5. The second kappa shape index (κ2) is 6.45. The van der Waals surface area contributed by atoms with Crippen LogP contribution in [0.3, 0.4) is 0 Å². The zero-order valence-electron chi connectivity index (χ0n) is 11.5. The summed E-state index contributed by atoms with van der Waals surface area (Å²) in [4.78, 5) is 11.7. The van der Waals surface area contributed by atoms with Crippen molar-refractivity contribution in [3.8, 4) is 11.5 Å². The highest BCUT2D eigenvalue weighted by Gasteiger charge is 2.19. The Morgan fingerprint density at radius 1 is 1.26 bits per heavy atom. The number of hydrogen-bond donors (Lipinski definition) is 0. The largest absolute Gasteiger partial charge is 0.493 e. The molecule has 1 aliphatic rings. The topological polar surface area (TPSA) is 44.8 Å². The van der Waals surface area contributed by atoms with Gasteiger partial charge >= 0.3 is 5.97 Å². The van der Waals surface area contributed by atoms with E-state index in [1.165, 1.54) is 12.8 Å². The summed E-state index contributed by atoms with van der Waals surface area (Å²) in [5.41, 5.74) is 0.496. The first-order chi connectivity index (χ1) is 9.24. The SMILES string of the molecule is CCOC(=O)c1ccc(OC)c(OC2CCCC2)c1. The summed E-state index contributed by atoms with van der Waals surface area (Å²) in [6, 6.07) is 5.14. The van der Waals surface area contributed by atoms with Gasteiger partial charge in [-0.2, -0.15) is 0 Å². The van der Waals surface area contributed by atoms with E-state index in [9.17, 15) is 4.79 Å². The molecule has 0 bridgehead atoms. The number of esters is 1. The molecule has 19 heavy (non-hydrogen) atoms. The fourth-order valence-corrected chi connectivity index (χ4v) is 2.30. The van der Waals surface area contributed by atoms with Crippen LogP contribution in [0, 0.1) is 0 Å². The van der Waals surface area contributed by atoms with Crippen LogP contribution in [0.2, 0.25) is 0 Å². The molecule has 4 nitrogen and oxygen atoms in total. The van der Waals surface area contributed by atoms with Gasteiger partial charge in [-0.1, -0.05) is 0 Å². The second-order valence-corrected chi connectivity index (χ2v) is 4.61. The molecule has 0 heterocycles. The molecule has 1 fully saturated rings. The van der Waals surface area contributed by atoms with Crippen LogP contribution in [-0.4, -0.2) is 25.8 Å². The third-order valence-electron chi connectivity index (χ3n) is 3.27. The Balaban J connectivity index is 2.17. The molecule has 0 radical (unpaired) electrons. The molecule has 0 atom stereocenters. The lowest BCUT2D eigenvalue weighted by Gasteiger charge is -2.16. The number of carbonyl (C=O) groups excluding carboxylic acids is 1. The molecule has 1 saturated carbocycles. The van der Waals surface area contributed by atoms with Crippen molar-refractivity contribution in [1.82, 2.24) is 0 Å². The molecule has 2 rings (SSSR count). The molecule has 0 spiro atoms. The lowest BCUT2D eigenvalue weighted by molar-refractivity contribution is 0.0525. The monoisotopic (exact) mass is 264 g/mol. The third-order valence-corrected chi connectivity index (χ3v) is 3.27. The smallest absolute Gasteiger partial charge is 0.338 e. The van der Waals surface area contributed by atoms with Crippen molar-refractivity contribution in [2.45, 2.75) is 38.7 Å². The van der Waals surface area contributed by atoms with Gasteiger partial charge in [-0.05, 0) is 50.8 Å². The van der Waals surface area contributed by atoms with Crippen LogP contribution in [0.5, 0.6) is 11.5 Å². The third kappa shape index (κ3) is 3.40. The molecule has 0 saturated heterocycles. The minimum absolute atomic E-state index is 0.228. The van der Waals surface area contributed by atoms with E-state index in [1.54, 1.807) is 32.2 Å². The van der Waals surface area contributed by atoms with Gasteiger partial charge in [0.05, 0.1) is 25.4 Å². The Morgan fingerprint density at radius 2 is 2.00 bits per heavy atom. The average molecular weight is 264 g/mol. The standard InChI is InChI=1S/C15H20O4/c1-3-18-15(16)11-8-9-13(17-2)14(10-11)19-12-6-4-5-7-12/h8-10,12H,3-7H2,1-2H3. The van der Waals surface area contributed by atoms with Crippen LogP contribution in [0.15, 0.2) is 18.2 Å². The van der Waals surface area contributed by atoms with E-state index < -0.39 is 0 Å². The highest BCUT2D eigenvalue weighted by Crippen LogP contribution is 2.32. The summed E-state index contributed by atoms with van der Waals surface area (Å²) in [7, 11) is 1.60. The van der Waals surface area contributed by atoms with Crippen LogP contribution in [0.4, 0.5) is 0 Å². The molecule has 1 aliphatic carbocycles. The van der Waals surface area contributed by atoms with Gasteiger partial charge in [0, 0.05) is 0 Å². The molecule has 0 unspecified atom stereocenters.